The Hall–Kier alpha value is -0.460. The molecule has 0 amide bonds. The smallest absolute Gasteiger partial charge is 0.0950 e. The number of hydrogen-bond acceptors (Lipinski definition) is 1. The lowest BCUT2D eigenvalue weighted by atomic mass is 9.62. The highest BCUT2D eigenvalue weighted by atomic mass is 16.5. The zero-order chi connectivity index (χ0) is 10.2. The van der Waals surface area contributed by atoms with Crippen LogP contribution in [0.2, 0.25) is 0 Å². The van der Waals surface area contributed by atoms with E-state index in [4.69, 9.17) is 4.74 Å². The number of allylic oxidation sites excluding steroid dienone is 2. The molecule has 1 saturated carbocycles. The summed E-state index contributed by atoms with van der Waals surface area (Å²) in [5.41, 5.74) is 2.16. The molecule has 14 heavy (non-hydrogen) atoms. The summed E-state index contributed by atoms with van der Waals surface area (Å²) in [6.07, 6.45) is 7.91. The summed E-state index contributed by atoms with van der Waals surface area (Å²) in [6, 6.07) is 0. The quantitative estimate of drug-likeness (QED) is 0.615. The Morgan fingerprint density at radius 3 is 2.71 bits per heavy atom. The molecule has 0 aliphatic heterocycles. The summed E-state index contributed by atoms with van der Waals surface area (Å²) in [4.78, 5) is 0. The van der Waals surface area contributed by atoms with Gasteiger partial charge in [0.1, 0.15) is 0 Å². The SMILES string of the molecule is COC1=C2CCCC(C)(C)C2CCC1. The Kier molecular flexibility index (Phi) is 2.59. The first-order chi connectivity index (χ1) is 6.65. The van der Waals surface area contributed by atoms with Crippen molar-refractivity contribution in [3.05, 3.63) is 11.3 Å². The highest BCUT2D eigenvalue weighted by molar-refractivity contribution is 5.20. The van der Waals surface area contributed by atoms with Crippen LogP contribution in [0, 0.1) is 11.3 Å². The van der Waals surface area contributed by atoms with E-state index in [-0.39, 0.29) is 0 Å². The second-order valence-corrected chi connectivity index (χ2v) is 5.44. The highest BCUT2D eigenvalue weighted by Gasteiger charge is 2.38. The van der Waals surface area contributed by atoms with Crippen molar-refractivity contribution in [3.63, 3.8) is 0 Å². The summed E-state index contributed by atoms with van der Waals surface area (Å²) < 4.78 is 5.53. The van der Waals surface area contributed by atoms with Crippen LogP contribution in [0.1, 0.15) is 52.4 Å². The van der Waals surface area contributed by atoms with Crippen LogP contribution in [-0.2, 0) is 4.74 Å². The van der Waals surface area contributed by atoms with Gasteiger partial charge in [-0.3, -0.25) is 0 Å². The van der Waals surface area contributed by atoms with E-state index >= 15 is 0 Å². The molecule has 2 aliphatic carbocycles. The van der Waals surface area contributed by atoms with Crippen molar-refractivity contribution < 1.29 is 4.74 Å². The average molecular weight is 194 g/mol. The van der Waals surface area contributed by atoms with Gasteiger partial charge >= 0.3 is 0 Å². The van der Waals surface area contributed by atoms with Crippen molar-refractivity contribution in [2.75, 3.05) is 7.11 Å². The van der Waals surface area contributed by atoms with E-state index in [0.29, 0.717) is 5.41 Å². The number of fused-ring (bicyclic) bond motifs is 1. The normalized spacial score (nSPS) is 31.2. The molecule has 0 spiro atoms. The molecular formula is C13H22O. The lowest BCUT2D eigenvalue weighted by Crippen LogP contribution is -2.32. The van der Waals surface area contributed by atoms with Gasteiger partial charge in [-0.1, -0.05) is 13.8 Å². The fraction of sp³-hybridized carbons (Fsp3) is 0.846. The second kappa shape index (κ2) is 3.60. The maximum atomic E-state index is 5.53. The summed E-state index contributed by atoms with van der Waals surface area (Å²) in [5, 5.41) is 0. The minimum Gasteiger partial charge on any atom is -0.501 e. The van der Waals surface area contributed by atoms with Crippen molar-refractivity contribution >= 4 is 0 Å². The van der Waals surface area contributed by atoms with Crippen LogP contribution in [0.15, 0.2) is 11.3 Å². The average Bonchev–Trinajstić information content (AvgIpc) is 2.17. The van der Waals surface area contributed by atoms with Crippen LogP contribution in [0.3, 0.4) is 0 Å². The van der Waals surface area contributed by atoms with Gasteiger partial charge in [0.15, 0.2) is 0 Å². The number of ether oxygens (including phenoxy) is 1. The number of rotatable bonds is 1. The molecule has 0 aromatic carbocycles. The molecule has 2 rings (SSSR count). The molecule has 1 atom stereocenters. The topological polar surface area (TPSA) is 9.23 Å². The molecule has 0 radical (unpaired) electrons. The maximum absolute atomic E-state index is 5.53. The molecule has 1 heteroatoms. The van der Waals surface area contributed by atoms with Crippen LogP contribution < -0.4 is 0 Å². The fourth-order valence-corrected chi connectivity index (χ4v) is 3.31. The molecule has 0 saturated heterocycles. The van der Waals surface area contributed by atoms with Crippen LogP contribution in [-0.4, -0.2) is 7.11 Å². The predicted molar refractivity (Wildman–Crippen MR) is 59.0 cm³/mol. The third-order valence-electron chi connectivity index (χ3n) is 4.13. The summed E-state index contributed by atoms with van der Waals surface area (Å²) in [5.74, 6) is 2.12. The molecule has 2 aliphatic rings. The maximum Gasteiger partial charge on any atom is 0.0950 e. The van der Waals surface area contributed by atoms with Crippen molar-refractivity contribution in [1.82, 2.24) is 0 Å². The summed E-state index contributed by atoms with van der Waals surface area (Å²) in [7, 11) is 1.84. The van der Waals surface area contributed by atoms with Gasteiger partial charge in [-0.2, -0.15) is 0 Å². The van der Waals surface area contributed by atoms with Crippen molar-refractivity contribution in [2.45, 2.75) is 52.4 Å². The van der Waals surface area contributed by atoms with Gasteiger partial charge in [0.05, 0.1) is 12.9 Å². The Bertz CT molecular complexity index is 250. The molecule has 0 N–H and O–H groups in total. The first-order valence-electron chi connectivity index (χ1n) is 5.91. The molecule has 0 aromatic rings. The van der Waals surface area contributed by atoms with E-state index in [0.717, 1.165) is 5.92 Å². The van der Waals surface area contributed by atoms with Gasteiger partial charge in [0.25, 0.3) is 0 Å². The Morgan fingerprint density at radius 1 is 1.21 bits per heavy atom. The van der Waals surface area contributed by atoms with Gasteiger partial charge in [-0.15, -0.1) is 0 Å². The molecule has 1 nitrogen and oxygen atoms in total. The van der Waals surface area contributed by atoms with Crippen LogP contribution in [0.5, 0.6) is 0 Å². The molecular weight excluding hydrogens is 172 g/mol. The fourth-order valence-electron chi connectivity index (χ4n) is 3.31. The lowest BCUT2D eigenvalue weighted by Gasteiger charge is -2.43. The predicted octanol–water partition coefficient (Wildman–Crippen LogP) is 3.90. The minimum atomic E-state index is 0.512. The van der Waals surface area contributed by atoms with Gasteiger partial charge in [0.2, 0.25) is 0 Å². The first-order valence-corrected chi connectivity index (χ1v) is 5.91. The van der Waals surface area contributed by atoms with Crippen molar-refractivity contribution in [1.29, 1.82) is 0 Å². The number of methoxy groups -OCH3 is 1. The van der Waals surface area contributed by atoms with Gasteiger partial charge in [0, 0.05) is 6.42 Å². The first kappa shape index (κ1) is 10.1. The van der Waals surface area contributed by atoms with E-state index in [1.165, 1.54) is 44.3 Å². The summed E-state index contributed by atoms with van der Waals surface area (Å²) in [6.45, 7) is 4.85. The van der Waals surface area contributed by atoms with Crippen LogP contribution in [0.4, 0.5) is 0 Å². The van der Waals surface area contributed by atoms with Crippen molar-refractivity contribution in [3.8, 4) is 0 Å². The van der Waals surface area contributed by atoms with E-state index in [1.807, 2.05) is 7.11 Å². The van der Waals surface area contributed by atoms with Gasteiger partial charge in [-0.05, 0) is 49.0 Å². The molecule has 80 valence electrons. The minimum absolute atomic E-state index is 0.512. The second-order valence-electron chi connectivity index (χ2n) is 5.44. The zero-order valence-corrected chi connectivity index (χ0v) is 9.73. The van der Waals surface area contributed by atoms with E-state index in [1.54, 1.807) is 5.57 Å². The van der Waals surface area contributed by atoms with E-state index in [9.17, 15) is 0 Å². The monoisotopic (exact) mass is 194 g/mol. The van der Waals surface area contributed by atoms with Gasteiger partial charge < -0.3 is 4.74 Å². The van der Waals surface area contributed by atoms with Crippen LogP contribution >= 0.6 is 0 Å². The molecule has 0 aromatic heterocycles. The summed E-state index contributed by atoms with van der Waals surface area (Å²) >= 11 is 0. The van der Waals surface area contributed by atoms with Crippen molar-refractivity contribution in [2.24, 2.45) is 11.3 Å². The molecule has 1 unspecified atom stereocenters. The number of hydrogen-bond donors (Lipinski definition) is 0. The largest absolute Gasteiger partial charge is 0.501 e. The third-order valence-corrected chi connectivity index (χ3v) is 4.13. The Morgan fingerprint density at radius 2 is 2.00 bits per heavy atom. The van der Waals surface area contributed by atoms with Gasteiger partial charge in [-0.25, -0.2) is 0 Å². The van der Waals surface area contributed by atoms with Crippen LogP contribution in [0.25, 0.3) is 0 Å². The Balaban J connectivity index is 2.31. The zero-order valence-electron chi connectivity index (χ0n) is 9.73. The third kappa shape index (κ3) is 1.57. The molecule has 0 bridgehead atoms. The highest BCUT2D eigenvalue weighted by Crippen LogP contribution is 2.49. The lowest BCUT2D eigenvalue weighted by molar-refractivity contribution is 0.143. The molecule has 1 fully saturated rings. The Labute approximate surface area is 87.5 Å². The standard InChI is InChI=1S/C13H22O/c1-13(2)9-5-6-10-11(13)7-4-8-12(10)14-3/h11H,4-9H2,1-3H3. The van der Waals surface area contributed by atoms with E-state index < -0.39 is 0 Å². The molecule has 0 heterocycles. The van der Waals surface area contributed by atoms with E-state index in [2.05, 4.69) is 13.8 Å².